The van der Waals surface area contributed by atoms with Crippen molar-refractivity contribution in [3.63, 3.8) is 0 Å². The molecule has 3 nitrogen and oxygen atoms in total. The molecule has 3 rings (SSSR count). The zero-order valence-electron chi connectivity index (χ0n) is 11.6. The van der Waals surface area contributed by atoms with Gasteiger partial charge in [0, 0.05) is 10.2 Å². The number of aryl methyl sites for hydroxylation is 2. The average molecular weight is 361 g/mol. The summed E-state index contributed by atoms with van der Waals surface area (Å²) in [5.74, 6) is -0.119. The number of hydrogen-bond acceptors (Lipinski definition) is 3. The van der Waals surface area contributed by atoms with Crippen LogP contribution in [0.15, 0.2) is 40.9 Å². The second kappa shape index (κ2) is 5.58. The van der Waals surface area contributed by atoms with Gasteiger partial charge in [-0.05, 0) is 60.1 Å². The van der Waals surface area contributed by atoms with Crippen molar-refractivity contribution in [3.8, 4) is 0 Å². The molecule has 1 N–H and O–H groups in total. The molecule has 1 aromatic heterocycles. The molecule has 21 heavy (non-hydrogen) atoms. The van der Waals surface area contributed by atoms with E-state index in [2.05, 4.69) is 26.2 Å². The summed E-state index contributed by atoms with van der Waals surface area (Å²) >= 11 is 5.04. The maximum Gasteiger partial charge on any atom is 0.256 e. The number of nitrogens with zero attached hydrogens (tertiary/aromatic N) is 1. The lowest BCUT2D eigenvalue weighted by Gasteiger charge is -2.07. The summed E-state index contributed by atoms with van der Waals surface area (Å²) in [5, 5.41) is 3.96. The monoisotopic (exact) mass is 360 g/mol. The number of benzene rings is 2. The van der Waals surface area contributed by atoms with Gasteiger partial charge < -0.3 is 5.32 Å². The van der Waals surface area contributed by atoms with Gasteiger partial charge in [0.25, 0.3) is 5.91 Å². The molecular formula is C16H13BrN2OS. The number of thiazole rings is 1. The Morgan fingerprint density at radius 1 is 1.19 bits per heavy atom. The number of carbonyl (C=O) groups is 1. The first-order chi connectivity index (χ1) is 10.0. The molecule has 0 aliphatic heterocycles. The zero-order chi connectivity index (χ0) is 15.0. The van der Waals surface area contributed by atoms with Gasteiger partial charge in [-0.1, -0.05) is 11.6 Å². The van der Waals surface area contributed by atoms with Crippen LogP contribution in [-0.2, 0) is 0 Å². The van der Waals surface area contributed by atoms with Crippen molar-refractivity contribution >= 4 is 49.1 Å². The summed E-state index contributed by atoms with van der Waals surface area (Å²) in [6.07, 6.45) is 0. The third kappa shape index (κ3) is 2.99. The third-order valence-corrected chi connectivity index (χ3v) is 4.74. The highest BCUT2D eigenvalue weighted by Gasteiger charge is 2.11. The fourth-order valence-electron chi connectivity index (χ4n) is 2.13. The Morgan fingerprint density at radius 2 is 2.00 bits per heavy atom. The molecule has 0 aliphatic rings. The normalized spacial score (nSPS) is 10.8. The number of amides is 1. The molecule has 0 unspecified atom stereocenters. The van der Waals surface area contributed by atoms with Gasteiger partial charge in [-0.2, -0.15) is 0 Å². The molecule has 0 radical (unpaired) electrons. The Bertz CT molecular complexity index is 841. The minimum Gasteiger partial charge on any atom is -0.322 e. The van der Waals surface area contributed by atoms with E-state index in [9.17, 15) is 4.79 Å². The van der Waals surface area contributed by atoms with Gasteiger partial charge in [-0.3, -0.25) is 4.79 Å². The van der Waals surface area contributed by atoms with Gasteiger partial charge in [0.2, 0.25) is 0 Å². The van der Waals surface area contributed by atoms with Crippen LogP contribution in [-0.4, -0.2) is 10.9 Å². The minimum atomic E-state index is -0.119. The van der Waals surface area contributed by atoms with Crippen molar-refractivity contribution in [2.75, 3.05) is 5.32 Å². The summed E-state index contributed by atoms with van der Waals surface area (Å²) in [6.45, 7) is 3.95. The van der Waals surface area contributed by atoms with Gasteiger partial charge >= 0.3 is 0 Å². The van der Waals surface area contributed by atoms with Crippen molar-refractivity contribution in [2.45, 2.75) is 13.8 Å². The minimum absolute atomic E-state index is 0.119. The van der Waals surface area contributed by atoms with E-state index < -0.39 is 0 Å². The van der Waals surface area contributed by atoms with E-state index in [0.29, 0.717) is 5.56 Å². The maximum atomic E-state index is 12.4. The van der Waals surface area contributed by atoms with Crippen molar-refractivity contribution in [3.05, 3.63) is 57.0 Å². The Balaban J connectivity index is 1.90. The Kier molecular flexibility index (Phi) is 3.78. The van der Waals surface area contributed by atoms with E-state index in [1.165, 1.54) is 0 Å². The lowest BCUT2D eigenvalue weighted by atomic mass is 10.1. The van der Waals surface area contributed by atoms with Gasteiger partial charge in [-0.25, -0.2) is 4.98 Å². The number of fused-ring (bicyclic) bond motifs is 1. The molecule has 3 aromatic rings. The van der Waals surface area contributed by atoms with E-state index in [-0.39, 0.29) is 5.91 Å². The SMILES string of the molecule is Cc1ccc(Br)c(C(=O)Nc2ccc3nc(C)sc3c2)c1. The molecule has 5 heteroatoms. The second-order valence-corrected chi connectivity index (χ2v) is 6.94. The van der Waals surface area contributed by atoms with Gasteiger partial charge in [0.15, 0.2) is 0 Å². The van der Waals surface area contributed by atoms with Gasteiger partial charge in [0.1, 0.15) is 0 Å². The summed E-state index contributed by atoms with van der Waals surface area (Å²) in [7, 11) is 0. The van der Waals surface area contributed by atoms with E-state index in [0.717, 1.165) is 30.9 Å². The number of nitrogens with one attached hydrogen (secondary N) is 1. The molecular weight excluding hydrogens is 348 g/mol. The molecule has 106 valence electrons. The smallest absolute Gasteiger partial charge is 0.256 e. The Labute approximate surface area is 135 Å². The largest absolute Gasteiger partial charge is 0.322 e. The number of halogens is 1. The Morgan fingerprint density at radius 3 is 2.81 bits per heavy atom. The quantitative estimate of drug-likeness (QED) is 0.703. The Hall–Kier alpha value is -1.72. The lowest BCUT2D eigenvalue weighted by molar-refractivity contribution is 0.102. The van der Waals surface area contributed by atoms with Crippen molar-refractivity contribution in [1.82, 2.24) is 4.98 Å². The average Bonchev–Trinajstić information content (AvgIpc) is 2.80. The molecule has 0 saturated heterocycles. The molecule has 0 spiro atoms. The second-order valence-electron chi connectivity index (χ2n) is 4.85. The highest BCUT2D eigenvalue weighted by atomic mass is 79.9. The van der Waals surface area contributed by atoms with Crippen molar-refractivity contribution in [2.24, 2.45) is 0 Å². The first-order valence-electron chi connectivity index (χ1n) is 6.47. The van der Waals surface area contributed by atoms with Gasteiger partial charge in [0.05, 0.1) is 20.8 Å². The number of rotatable bonds is 2. The van der Waals surface area contributed by atoms with E-state index in [4.69, 9.17) is 0 Å². The molecule has 0 bridgehead atoms. The van der Waals surface area contributed by atoms with Crippen LogP contribution < -0.4 is 5.32 Å². The molecule has 0 atom stereocenters. The van der Waals surface area contributed by atoms with E-state index in [1.807, 2.05) is 50.2 Å². The third-order valence-electron chi connectivity index (χ3n) is 3.12. The molecule has 0 fully saturated rings. The molecule has 0 saturated carbocycles. The van der Waals surface area contributed by atoms with E-state index >= 15 is 0 Å². The fourth-order valence-corrected chi connectivity index (χ4v) is 3.42. The number of aromatic nitrogens is 1. The molecule has 1 heterocycles. The van der Waals surface area contributed by atoms with Crippen LogP contribution in [0.3, 0.4) is 0 Å². The lowest BCUT2D eigenvalue weighted by Crippen LogP contribution is -2.12. The number of carbonyl (C=O) groups excluding carboxylic acids is 1. The van der Waals surface area contributed by atoms with Crippen LogP contribution in [0.25, 0.3) is 10.2 Å². The summed E-state index contributed by atoms with van der Waals surface area (Å²) < 4.78 is 1.87. The zero-order valence-corrected chi connectivity index (χ0v) is 14.0. The maximum absolute atomic E-state index is 12.4. The van der Waals surface area contributed by atoms with Crippen LogP contribution in [0.4, 0.5) is 5.69 Å². The van der Waals surface area contributed by atoms with Gasteiger partial charge in [-0.15, -0.1) is 11.3 Å². The van der Waals surface area contributed by atoms with Crippen LogP contribution in [0.1, 0.15) is 20.9 Å². The van der Waals surface area contributed by atoms with Crippen molar-refractivity contribution in [1.29, 1.82) is 0 Å². The number of anilines is 1. The molecule has 1 amide bonds. The predicted molar refractivity (Wildman–Crippen MR) is 91.2 cm³/mol. The topological polar surface area (TPSA) is 42.0 Å². The fraction of sp³-hybridized carbons (Fsp3) is 0.125. The number of hydrogen-bond donors (Lipinski definition) is 1. The molecule has 0 aliphatic carbocycles. The van der Waals surface area contributed by atoms with Crippen molar-refractivity contribution < 1.29 is 4.79 Å². The van der Waals surface area contributed by atoms with E-state index in [1.54, 1.807) is 11.3 Å². The predicted octanol–water partition coefficient (Wildman–Crippen LogP) is 4.93. The highest BCUT2D eigenvalue weighted by Crippen LogP contribution is 2.26. The van der Waals surface area contributed by atoms with Crippen LogP contribution >= 0.6 is 27.3 Å². The summed E-state index contributed by atoms with van der Waals surface area (Å²) in [4.78, 5) is 16.8. The molecule has 2 aromatic carbocycles. The van der Waals surface area contributed by atoms with Crippen LogP contribution in [0, 0.1) is 13.8 Å². The van der Waals surface area contributed by atoms with Crippen LogP contribution in [0.5, 0.6) is 0 Å². The first kappa shape index (κ1) is 14.2. The summed E-state index contributed by atoms with van der Waals surface area (Å²) in [6, 6.07) is 11.5. The summed E-state index contributed by atoms with van der Waals surface area (Å²) in [5.41, 5.74) is 3.43. The first-order valence-corrected chi connectivity index (χ1v) is 8.08. The standard InChI is InChI=1S/C16H13BrN2OS/c1-9-3-5-13(17)12(7-9)16(20)19-11-4-6-14-15(8-11)21-10(2)18-14/h3-8H,1-2H3,(H,19,20). The highest BCUT2D eigenvalue weighted by molar-refractivity contribution is 9.10. The van der Waals surface area contributed by atoms with Crippen LogP contribution in [0.2, 0.25) is 0 Å².